The Bertz CT molecular complexity index is 1080. The Balaban J connectivity index is 2.41. The molecule has 0 atom stereocenters. The Hall–Kier alpha value is -3.40. The molecule has 0 radical (unpaired) electrons. The fourth-order valence-electron chi connectivity index (χ4n) is 3.85. The normalized spacial score (nSPS) is 10.7. The van der Waals surface area contributed by atoms with Crippen LogP contribution in [0.5, 0.6) is 0 Å². The molecule has 3 aromatic carbocycles. The van der Waals surface area contributed by atoms with E-state index in [0.717, 1.165) is 33.4 Å². The Morgan fingerprint density at radius 2 is 0.969 bits per heavy atom. The van der Waals surface area contributed by atoms with Gasteiger partial charge in [0.1, 0.15) is 0 Å². The third-order valence-corrected chi connectivity index (χ3v) is 5.51. The fraction of sp³-hybridized carbons (Fsp3) is 0.286. The van der Waals surface area contributed by atoms with E-state index in [4.69, 9.17) is 9.47 Å². The van der Waals surface area contributed by atoms with Crippen molar-refractivity contribution in [3.8, 4) is 22.3 Å². The lowest BCUT2D eigenvalue weighted by Crippen LogP contribution is -2.12. The second-order valence-corrected chi connectivity index (χ2v) is 8.02. The summed E-state index contributed by atoms with van der Waals surface area (Å²) in [6, 6.07) is 15.7. The molecule has 3 rings (SSSR count). The van der Waals surface area contributed by atoms with Crippen LogP contribution in [0, 0.1) is 27.7 Å². The van der Waals surface area contributed by atoms with E-state index in [2.05, 4.69) is 0 Å². The van der Waals surface area contributed by atoms with E-state index < -0.39 is 11.9 Å². The van der Waals surface area contributed by atoms with Crippen molar-refractivity contribution in [1.29, 1.82) is 0 Å². The molecule has 4 heteroatoms. The van der Waals surface area contributed by atoms with E-state index in [9.17, 15) is 9.59 Å². The maximum Gasteiger partial charge on any atom is 0.338 e. The maximum atomic E-state index is 13.0. The number of hydrogen-bond acceptors (Lipinski definition) is 4. The van der Waals surface area contributed by atoms with Crippen LogP contribution in [-0.2, 0) is 9.47 Å². The maximum absolute atomic E-state index is 13.0. The van der Waals surface area contributed by atoms with Crippen LogP contribution in [0.25, 0.3) is 22.3 Å². The van der Waals surface area contributed by atoms with E-state index >= 15 is 0 Å². The molecule has 0 unspecified atom stereocenters. The average Bonchev–Trinajstić information content (AvgIpc) is 2.76. The zero-order valence-corrected chi connectivity index (χ0v) is 19.7. The molecule has 0 aliphatic heterocycles. The first-order valence-electron chi connectivity index (χ1n) is 10.9. The Morgan fingerprint density at radius 3 is 1.31 bits per heavy atom. The monoisotopic (exact) mass is 430 g/mol. The van der Waals surface area contributed by atoms with Crippen LogP contribution in [0.1, 0.15) is 56.8 Å². The standard InChI is InChI=1S/C28H30O4/c1-7-31-27(29)25-15-24(22-14-18(4)10-12-20(22)6)26(28(30)32-8-2)16-23(25)21-13-17(3)9-11-19(21)5/h9-16H,7-8H2,1-6H3. The molecule has 4 nitrogen and oxygen atoms in total. The summed E-state index contributed by atoms with van der Waals surface area (Å²) in [5, 5.41) is 0. The highest BCUT2D eigenvalue weighted by Crippen LogP contribution is 2.36. The summed E-state index contributed by atoms with van der Waals surface area (Å²) in [5.41, 5.74) is 8.15. The summed E-state index contributed by atoms with van der Waals surface area (Å²) < 4.78 is 10.8. The average molecular weight is 431 g/mol. The second-order valence-electron chi connectivity index (χ2n) is 8.02. The van der Waals surface area contributed by atoms with Crippen molar-refractivity contribution in [3.63, 3.8) is 0 Å². The molecule has 0 aromatic heterocycles. The van der Waals surface area contributed by atoms with Crippen LogP contribution in [0.2, 0.25) is 0 Å². The summed E-state index contributed by atoms with van der Waals surface area (Å²) in [4.78, 5) is 26.1. The van der Waals surface area contributed by atoms with Crippen molar-refractivity contribution in [2.24, 2.45) is 0 Å². The van der Waals surface area contributed by atoms with Crippen LogP contribution in [0.4, 0.5) is 0 Å². The van der Waals surface area contributed by atoms with Crippen molar-refractivity contribution in [2.45, 2.75) is 41.5 Å². The summed E-state index contributed by atoms with van der Waals surface area (Å²) in [6.45, 7) is 12.1. The van der Waals surface area contributed by atoms with E-state index in [1.54, 1.807) is 26.0 Å². The van der Waals surface area contributed by atoms with E-state index in [1.165, 1.54) is 0 Å². The van der Waals surface area contributed by atoms with Gasteiger partial charge in [-0.1, -0.05) is 47.5 Å². The molecular weight excluding hydrogens is 400 g/mol. The van der Waals surface area contributed by atoms with Gasteiger partial charge in [-0.15, -0.1) is 0 Å². The van der Waals surface area contributed by atoms with Crippen LogP contribution in [0.15, 0.2) is 48.5 Å². The number of aryl methyl sites for hydroxylation is 4. The Labute approximate surface area is 190 Å². The third kappa shape index (κ3) is 4.75. The molecule has 0 heterocycles. The first-order chi connectivity index (χ1) is 15.3. The predicted octanol–water partition coefficient (Wildman–Crippen LogP) is 6.61. The molecule has 0 fully saturated rings. The van der Waals surface area contributed by atoms with Gasteiger partial charge in [0, 0.05) is 0 Å². The molecule has 0 bridgehead atoms. The number of carbonyl (C=O) groups excluding carboxylic acids is 2. The predicted molar refractivity (Wildman–Crippen MR) is 128 cm³/mol. The molecule has 0 aliphatic carbocycles. The lowest BCUT2D eigenvalue weighted by atomic mass is 9.87. The van der Waals surface area contributed by atoms with Gasteiger partial charge < -0.3 is 9.47 Å². The zero-order chi connectivity index (χ0) is 23.4. The number of carbonyl (C=O) groups is 2. The molecule has 0 aliphatic rings. The van der Waals surface area contributed by atoms with E-state index in [-0.39, 0.29) is 13.2 Å². The minimum atomic E-state index is -0.412. The molecule has 0 spiro atoms. The number of benzene rings is 3. The van der Waals surface area contributed by atoms with E-state index in [0.29, 0.717) is 22.3 Å². The van der Waals surface area contributed by atoms with Gasteiger partial charge in [-0.25, -0.2) is 9.59 Å². The number of esters is 2. The first kappa shape index (κ1) is 23.3. The quantitative estimate of drug-likeness (QED) is 0.413. The smallest absolute Gasteiger partial charge is 0.338 e. The third-order valence-electron chi connectivity index (χ3n) is 5.51. The highest BCUT2D eigenvalue weighted by molar-refractivity contribution is 6.05. The summed E-state index contributed by atoms with van der Waals surface area (Å²) >= 11 is 0. The topological polar surface area (TPSA) is 52.6 Å². The minimum absolute atomic E-state index is 0.267. The number of rotatable bonds is 6. The highest BCUT2D eigenvalue weighted by atomic mass is 16.5. The summed E-state index contributed by atoms with van der Waals surface area (Å²) in [5.74, 6) is -0.823. The lowest BCUT2D eigenvalue weighted by Gasteiger charge is -2.18. The number of hydrogen-bond donors (Lipinski definition) is 0. The van der Waals surface area contributed by atoms with Crippen LogP contribution < -0.4 is 0 Å². The molecule has 3 aromatic rings. The molecule has 0 N–H and O–H groups in total. The minimum Gasteiger partial charge on any atom is -0.462 e. The molecular formula is C28H30O4. The van der Waals surface area contributed by atoms with E-state index in [1.807, 2.05) is 64.1 Å². The number of ether oxygens (including phenoxy) is 2. The molecule has 0 saturated carbocycles. The van der Waals surface area contributed by atoms with Gasteiger partial charge in [-0.05, 0) is 87.1 Å². The van der Waals surface area contributed by atoms with Crippen molar-refractivity contribution in [2.75, 3.05) is 13.2 Å². The summed E-state index contributed by atoms with van der Waals surface area (Å²) in [6.07, 6.45) is 0. The van der Waals surface area contributed by atoms with Gasteiger partial charge in [0.05, 0.1) is 24.3 Å². The van der Waals surface area contributed by atoms with Crippen molar-refractivity contribution >= 4 is 11.9 Å². The zero-order valence-electron chi connectivity index (χ0n) is 19.7. The first-order valence-corrected chi connectivity index (χ1v) is 10.9. The van der Waals surface area contributed by atoms with Crippen LogP contribution >= 0.6 is 0 Å². The van der Waals surface area contributed by atoms with Gasteiger partial charge in [-0.3, -0.25) is 0 Å². The Morgan fingerprint density at radius 1 is 0.594 bits per heavy atom. The largest absolute Gasteiger partial charge is 0.462 e. The fourth-order valence-corrected chi connectivity index (χ4v) is 3.85. The van der Waals surface area contributed by atoms with Gasteiger partial charge >= 0.3 is 11.9 Å². The Kier molecular flexibility index (Phi) is 7.14. The molecule has 166 valence electrons. The summed E-state index contributed by atoms with van der Waals surface area (Å²) in [7, 11) is 0. The van der Waals surface area contributed by atoms with Gasteiger partial charge in [0.25, 0.3) is 0 Å². The molecule has 0 saturated heterocycles. The van der Waals surface area contributed by atoms with Gasteiger partial charge in [0.2, 0.25) is 0 Å². The van der Waals surface area contributed by atoms with Crippen LogP contribution in [0.3, 0.4) is 0 Å². The van der Waals surface area contributed by atoms with Crippen molar-refractivity contribution in [1.82, 2.24) is 0 Å². The highest BCUT2D eigenvalue weighted by Gasteiger charge is 2.24. The molecule has 0 amide bonds. The van der Waals surface area contributed by atoms with Crippen molar-refractivity contribution in [3.05, 3.63) is 81.9 Å². The second kappa shape index (κ2) is 9.82. The van der Waals surface area contributed by atoms with Crippen molar-refractivity contribution < 1.29 is 19.1 Å². The van der Waals surface area contributed by atoms with Gasteiger partial charge in [0.15, 0.2) is 0 Å². The molecule has 32 heavy (non-hydrogen) atoms. The SMILES string of the molecule is CCOC(=O)c1cc(-c2cc(C)ccc2C)c(C(=O)OCC)cc1-c1cc(C)ccc1C. The van der Waals surface area contributed by atoms with Gasteiger partial charge in [-0.2, -0.15) is 0 Å². The van der Waals surface area contributed by atoms with Crippen LogP contribution in [-0.4, -0.2) is 25.2 Å². The lowest BCUT2D eigenvalue weighted by molar-refractivity contribution is 0.0513.